The van der Waals surface area contributed by atoms with Crippen molar-refractivity contribution >= 4 is 5.91 Å². The van der Waals surface area contributed by atoms with Gasteiger partial charge >= 0.3 is 0 Å². The minimum absolute atomic E-state index is 0.113. The number of aromatic nitrogens is 1. The number of hydrogen-bond donors (Lipinski definition) is 1. The molecule has 0 aliphatic carbocycles. The first-order valence-corrected chi connectivity index (χ1v) is 7.04. The van der Waals surface area contributed by atoms with E-state index in [9.17, 15) is 4.79 Å². The predicted molar refractivity (Wildman–Crippen MR) is 80.3 cm³/mol. The van der Waals surface area contributed by atoms with Gasteiger partial charge in [0.15, 0.2) is 0 Å². The third kappa shape index (κ3) is 5.22. The van der Waals surface area contributed by atoms with Gasteiger partial charge in [-0.25, -0.2) is 0 Å². The summed E-state index contributed by atoms with van der Waals surface area (Å²) in [5.41, 5.74) is 2.42. The van der Waals surface area contributed by atoms with Gasteiger partial charge in [-0.05, 0) is 36.5 Å². The molecule has 0 spiro atoms. The predicted octanol–water partition coefficient (Wildman–Crippen LogP) is 2.76. The molecule has 0 radical (unpaired) electrons. The number of aryl methyl sites for hydroxylation is 2. The molecule has 0 bridgehead atoms. The van der Waals surface area contributed by atoms with Gasteiger partial charge in [-0.15, -0.1) is 0 Å². The summed E-state index contributed by atoms with van der Waals surface area (Å²) in [6.07, 6.45) is 6.80. The monoisotopic (exact) mass is 268 g/mol. The van der Waals surface area contributed by atoms with Gasteiger partial charge in [0.05, 0.1) is 0 Å². The highest BCUT2D eigenvalue weighted by Crippen LogP contribution is 2.02. The summed E-state index contributed by atoms with van der Waals surface area (Å²) in [6.45, 7) is 0.737. The van der Waals surface area contributed by atoms with Gasteiger partial charge in [-0.3, -0.25) is 9.78 Å². The molecule has 0 aliphatic rings. The number of nitrogens with zero attached hydrogens (tertiary/aromatic N) is 1. The van der Waals surface area contributed by atoms with Crippen LogP contribution in [0.5, 0.6) is 0 Å². The highest BCUT2D eigenvalue weighted by molar-refractivity contribution is 5.76. The highest BCUT2D eigenvalue weighted by Gasteiger charge is 2.01. The molecule has 1 aromatic heterocycles. The van der Waals surface area contributed by atoms with Gasteiger partial charge in [0.1, 0.15) is 0 Å². The van der Waals surface area contributed by atoms with Crippen LogP contribution in [0.15, 0.2) is 54.9 Å². The topological polar surface area (TPSA) is 42.0 Å². The van der Waals surface area contributed by atoms with E-state index in [0.717, 1.165) is 31.4 Å². The molecular formula is C17H20N2O. The molecule has 20 heavy (non-hydrogen) atoms. The molecule has 1 N–H and O–H groups in total. The minimum Gasteiger partial charge on any atom is -0.356 e. The second-order valence-electron chi connectivity index (χ2n) is 4.80. The van der Waals surface area contributed by atoms with E-state index >= 15 is 0 Å². The summed E-state index contributed by atoms with van der Waals surface area (Å²) in [5, 5.41) is 2.96. The van der Waals surface area contributed by atoms with Gasteiger partial charge in [0.25, 0.3) is 0 Å². The number of hydrogen-bond acceptors (Lipinski definition) is 2. The standard InChI is InChI=1S/C17H20N2O/c20-17(11-10-16-9-4-12-18-14-16)19-13-5-8-15-6-2-1-3-7-15/h1-4,6-7,9,12,14H,5,8,10-11,13H2,(H,19,20). The second kappa shape index (κ2) is 8.10. The SMILES string of the molecule is O=C(CCc1cccnc1)NCCCc1ccccc1. The maximum absolute atomic E-state index is 11.7. The Kier molecular flexibility index (Phi) is 5.77. The van der Waals surface area contributed by atoms with Crippen molar-refractivity contribution < 1.29 is 4.79 Å². The Morgan fingerprint density at radius 3 is 2.55 bits per heavy atom. The second-order valence-corrected chi connectivity index (χ2v) is 4.80. The maximum atomic E-state index is 11.7. The van der Waals surface area contributed by atoms with Crippen LogP contribution in [0.3, 0.4) is 0 Å². The van der Waals surface area contributed by atoms with Crippen molar-refractivity contribution in [2.75, 3.05) is 6.54 Å². The molecule has 0 saturated heterocycles. The van der Waals surface area contributed by atoms with E-state index in [1.807, 2.05) is 36.5 Å². The highest BCUT2D eigenvalue weighted by atomic mass is 16.1. The minimum atomic E-state index is 0.113. The van der Waals surface area contributed by atoms with Crippen LogP contribution < -0.4 is 5.32 Å². The summed E-state index contributed by atoms with van der Waals surface area (Å²) in [7, 11) is 0. The third-order valence-electron chi connectivity index (χ3n) is 3.17. The first-order valence-electron chi connectivity index (χ1n) is 7.04. The zero-order chi connectivity index (χ0) is 14.0. The lowest BCUT2D eigenvalue weighted by Crippen LogP contribution is -2.24. The summed E-state index contributed by atoms with van der Waals surface area (Å²) in [4.78, 5) is 15.7. The third-order valence-corrected chi connectivity index (χ3v) is 3.17. The molecule has 0 unspecified atom stereocenters. The molecule has 0 fully saturated rings. The van der Waals surface area contributed by atoms with Crippen LogP contribution in [-0.2, 0) is 17.6 Å². The van der Waals surface area contributed by atoms with E-state index in [0.29, 0.717) is 6.42 Å². The molecule has 0 saturated carbocycles. The molecule has 1 amide bonds. The van der Waals surface area contributed by atoms with E-state index < -0.39 is 0 Å². The van der Waals surface area contributed by atoms with Crippen molar-refractivity contribution in [2.24, 2.45) is 0 Å². The Balaban J connectivity index is 1.59. The largest absolute Gasteiger partial charge is 0.356 e. The number of amides is 1. The van der Waals surface area contributed by atoms with Crippen LogP contribution in [0.4, 0.5) is 0 Å². The lowest BCUT2D eigenvalue weighted by Gasteiger charge is -2.05. The van der Waals surface area contributed by atoms with Crippen molar-refractivity contribution in [3.63, 3.8) is 0 Å². The van der Waals surface area contributed by atoms with Crippen LogP contribution in [-0.4, -0.2) is 17.4 Å². The lowest BCUT2D eigenvalue weighted by molar-refractivity contribution is -0.121. The van der Waals surface area contributed by atoms with E-state index in [1.54, 1.807) is 6.20 Å². The van der Waals surface area contributed by atoms with Crippen LogP contribution in [0.1, 0.15) is 24.0 Å². The molecule has 0 aliphatic heterocycles. The summed E-state index contributed by atoms with van der Waals surface area (Å²) in [5.74, 6) is 0.113. The number of nitrogens with one attached hydrogen (secondary N) is 1. The molecule has 2 aromatic rings. The Morgan fingerprint density at radius 1 is 1.00 bits per heavy atom. The van der Waals surface area contributed by atoms with E-state index in [-0.39, 0.29) is 5.91 Å². The lowest BCUT2D eigenvalue weighted by atomic mass is 10.1. The molecule has 1 heterocycles. The van der Waals surface area contributed by atoms with Crippen LogP contribution in [0.2, 0.25) is 0 Å². The Labute approximate surface area is 120 Å². The number of pyridine rings is 1. The zero-order valence-corrected chi connectivity index (χ0v) is 11.6. The average molecular weight is 268 g/mol. The first kappa shape index (κ1) is 14.3. The normalized spacial score (nSPS) is 10.2. The van der Waals surface area contributed by atoms with Crippen LogP contribution >= 0.6 is 0 Å². The Bertz CT molecular complexity index is 511. The Morgan fingerprint density at radius 2 is 1.80 bits per heavy atom. The average Bonchev–Trinajstić information content (AvgIpc) is 2.52. The van der Waals surface area contributed by atoms with Gasteiger partial charge in [0, 0.05) is 25.4 Å². The van der Waals surface area contributed by atoms with E-state index in [4.69, 9.17) is 0 Å². The summed E-state index contributed by atoms with van der Waals surface area (Å²) < 4.78 is 0. The number of benzene rings is 1. The number of rotatable bonds is 7. The zero-order valence-electron chi connectivity index (χ0n) is 11.6. The van der Waals surface area contributed by atoms with Gasteiger partial charge in [-0.2, -0.15) is 0 Å². The van der Waals surface area contributed by atoms with Gasteiger partial charge in [-0.1, -0.05) is 36.4 Å². The van der Waals surface area contributed by atoms with Crippen molar-refractivity contribution in [2.45, 2.75) is 25.7 Å². The fourth-order valence-corrected chi connectivity index (χ4v) is 2.06. The fraction of sp³-hybridized carbons (Fsp3) is 0.294. The van der Waals surface area contributed by atoms with Crippen LogP contribution in [0.25, 0.3) is 0 Å². The van der Waals surface area contributed by atoms with E-state index in [1.165, 1.54) is 5.56 Å². The van der Waals surface area contributed by atoms with Crippen LogP contribution in [0, 0.1) is 0 Å². The summed E-state index contributed by atoms with van der Waals surface area (Å²) in [6, 6.07) is 14.2. The molecule has 3 heteroatoms. The maximum Gasteiger partial charge on any atom is 0.220 e. The summed E-state index contributed by atoms with van der Waals surface area (Å²) >= 11 is 0. The molecule has 2 rings (SSSR count). The smallest absolute Gasteiger partial charge is 0.220 e. The van der Waals surface area contributed by atoms with Crippen molar-refractivity contribution in [3.8, 4) is 0 Å². The number of carbonyl (C=O) groups is 1. The van der Waals surface area contributed by atoms with Crippen molar-refractivity contribution in [1.29, 1.82) is 0 Å². The Hall–Kier alpha value is -2.16. The molecule has 0 atom stereocenters. The molecule has 3 nitrogen and oxygen atoms in total. The van der Waals surface area contributed by atoms with E-state index in [2.05, 4.69) is 22.4 Å². The van der Waals surface area contributed by atoms with Gasteiger partial charge in [0.2, 0.25) is 5.91 Å². The van der Waals surface area contributed by atoms with Crippen molar-refractivity contribution in [3.05, 3.63) is 66.0 Å². The fourth-order valence-electron chi connectivity index (χ4n) is 2.06. The molecular weight excluding hydrogens is 248 g/mol. The number of carbonyl (C=O) groups excluding carboxylic acids is 1. The quantitative estimate of drug-likeness (QED) is 0.785. The van der Waals surface area contributed by atoms with Gasteiger partial charge < -0.3 is 5.32 Å². The first-order chi connectivity index (χ1) is 9.84. The van der Waals surface area contributed by atoms with Crippen molar-refractivity contribution in [1.82, 2.24) is 10.3 Å². The molecule has 1 aromatic carbocycles. The molecule has 104 valence electrons.